The number of nitro groups is 1. The fraction of sp³-hybridized carbons (Fsp3) is 0.147. The number of benzene rings is 3. The van der Waals surface area contributed by atoms with Crippen LogP contribution in [0, 0.1) is 24.0 Å². The van der Waals surface area contributed by atoms with Crippen LogP contribution in [0.15, 0.2) is 113 Å². The molecule has 1 N–H and O–H groups in total. The van der Waals surface area contributed by atoms with Crippen molar-refractivity contribution in [3.05, 3.63) is 142 Å². The van der Waals surface area contributed by atoms with Gasteiger partial charge in [0.1, 0.15) is 0 Å². The zero-order chi connectivity index (χ0) is 31.7. The molecule has 3 aromatic carbocycles. The minimum absolute atomic E-state index is 0.0615. The second-order valence-electron chi connectivity index (χ2n) is 10.5. The Morgan fingerprint density at radius 2 is 1.64 bits per heavy atom. The Morgan fingerprint density at radius 1 is 0.978 bits per heavy atom. The lowest BCUT2D eigenvalue weighted by atomic mass is 9.96. The predicted molar refractivity (Wildman–Crippen MR) is 178 cm³/mol. The SMILES string of the molecule is COC(=O)c1ccccc1-n1c(C)cc([C@H]2[C@@H](c3ccccn3)NC(=S)N2c2ccc(Sc3ccc([N+](=O)[O-])cc3)cc2)c1C. The topological polar surface area (TPSA) is 103 Å². The van der Waals surface area contributed by atoms with Crippen molar-refractivity contribution in [1.29, 1.82) is 0 Å². The molecule has 9 nitrogen and oxygen atoms in total. The Bertz CT molecular complexity index is 1890. The Morgan fingerprint density at radius 3 is 2.29 bits per heavy atom. The highest BCUT2D eigenvalue weighted by Gasteiger charge is 2.42. The molecule has 5 aromatic rings. The summed E-state index contributed by atoms with van der Waals surface area (Å²) in [5, 5.41) is 15.1. The molecule has 0 spiro atoms. The molecule has 226 valence electrons. The number of rotatable bonds is 8. The van der Waals surface area contributed by atoms with Gasteiger partial charge in [-0.1, -0.05) is 30.0 Å². The zero-order valence-electron chi connectivity index (χ0n) is 24.7. The van der Waals surface area contributed by atoms with E-state index in [4.69, 9.17) is 17.0 Å². The van der Waals surface area contributed by atoms with Crippen LogP contribution in [-0.2, 0) is 4.74 Å². The number of aromatic nitrogens is 2. The molecule has 2 atom stereocenters. The molecule has 0 aliphatic carbocycles. The summed E-state index contributed by atoms with van der Waals surface area (Å²) in [6.45, 7) is 4.07. The van der Waals surface area contributed by atoms with Crippen LogP contribution in [0.4, 0.5) is 11.4 Å². The van der Waals surface area contributed by atoms with E-state index in [1.165, 1.54) is 31.0 Å². The summed E-state index contributed by atoms with van der Waals surface area (Å²) >= 11 is 7.48. The molecule has 1 fully saturated rings. The van der Waals surface area contributed by atoms with Crippen LogP contribution in [0.5, 0.6) is 0 Å². The number of aryl methyl sites for hydroxylation is 1. The minimum atomic E-state index is -0.403. The molecule has 2 aromatic heterocycles. The van der Waals surface area contributed by atoms with Crippen molar-refractivity contribution in [1.82, 2.24) is 14.9 Å². The van der Waals surface area contributed by atoms with E-state index in [2.05, 4.69) is 32.8 Å². The number of pyridine rings is 1. The van der Waals surface area contributed by atoms with Gasteiger partial charge in [-0.2, -0.15) is 0 Å². The van der Waals surface area contributed by atoms with Crippen molar-refractivity contribution in [3.63, 3.8) is 0 Å². The van der Waals surface area contributed by atoms with Crippen LogP contribution in [0.25, 0.3) is 5.69 Å². The molecule has 1 saturated heterocycles. The number of methoxy groups -OCH3 is 1. The van der Waals surface area contributed by atoms with Crippen LogP contribution in [-0.4, -0.2) is 32.7 Å². The number of carbonyl (C=O) groups excluding carboxylic acids is 1. The first-order valence-electron chi connectivity index (χ1n) is 14.2. The van der Waals surface area contributed by atoms with Gasteiger partial charge < -0.3 is 19.5 Å². The average molecular weight is 636 g/mol. The Labute approximate surface area is 270 Å². The highest BCUT2D eigenvalue weighted by molar-refractivity contribution is 7.99. The average Bonchev–Trinajstić information content (AvgIpc) is 3.55. The highest BCUT2D eigenvalue weighted by atomic mass is 32.2. The third-order valence-electron chi connectivity index (χ3n) is 7.84. The van der Waals surface area contributed by atoms with Crippen LogP contribution >= 0.6 is 24.0 Å². The van der Waals surface area contributed by atoms with Crippen LogP contribution in [0.2, 0.25) is 0 Å². The summed E-state index contributed by atoms with van der Waals surface area (Å²) in [6, 6.07) is 29.5. The maximum absolute atomic E-state index is 12.7. The fourth-order valence-corrected chi connectivity index (χ4v) is 6.97. The first-order chi connectivity index (χ1) is 21.8. The molecule has 0 amide bonds. The van der Waals surface area contributed by atoms with Gasteiger partial charge in [0.05, 0.1) is 41.1 Å². The number of carbonyl (C=O) groups is 1. The van der Waals surface area contributed by atoms with E-state index in [0.29, 0.717) is 10.7 Å². The number of ether oxygens (including phenoxy) is 1. The summed E-state index contributed by atoms with van der Waals surface area (Å²) in [4.78, 5) is 32.0. The molecule has 0 bridgehead atoms. The summed E-state index contributed by atoms with van der Waals surface area (Å²) in [5.41, 5.74) is 6.02. The number of nitrogens with zero attached hydrogens (tertiary/aromatic N) is 4. The van der Waals surface area contributed by atoms with Gasteiger partial charge >= 0.3 is 5.97 Å². The molecular formula is C34H29N5O4S2. The normalized spacial score (nSPS) is 16.0. The van der Waals surface area contributed by atoms with E-state index in [-0.39, 0.29) is 17.8 Å². The molecule has 0 saturated carbocycles. The van der Waals surface area contributed by atoms with Gasteiger partial charge in [0, 0.05) is 45.2 Å². The van der Waals surface area contributed by atoms with Gasteiger partial charge in [-0.3, -0.25) is 15.1 Å². The van der Waals surface area contributed by atoms with Gasteiger partial charge in [0.2, 0.25) is 0 Å². The van der Waals surface area contributed by atoms with E-state index >= 15 is 0 Å². The molecule has 1 aliphatic heterocycles. The molecule has 45 heavy (non-hydrogen) atoms. The summed E-state index contributed by atoms with van der Waals surface area (Å²) in [5.74, 6) is -0.400. The maximum atomic E-state index is 12.7. The monoisotopic (exact) mass is 635 g/mol. The maximum Gasteiger partial charge on any atom is 0.339 e. The lowest BCUT2D eigenvalue weighted by Crippen LogP contribution is -2.29. The standard InChI is InChI=1S/C34H29N5O4S2/c1-21-20-28(22(2)37(21)30-10-5-4-8-27(30)33(40)43-3)32-31(29-9-6-7-19-35-29)36-34(44)38(32)23-11-15-25(16-12-23)45-26-17-13-24(14-18-26)39(41)42/h4-20,31-32H,1-3H3,(H,36,44)/t31-,32+/m1/s1. The van der Waals surface area contributed by atoms with E-state index < -0.39 is 10.9 Å². The van der Waals surface area contributed by atoms with E-state index in [9.17, 15) is 14.9 Å². The Hall–Kier alpha value is -5.00. The molecule has 11 heteroatoms. The number of anilines is 1. The molecule has 0 radical (unpaired) electrons. The van der Waals surface area contributed by atoms with E-state index in [1.807, 2.05) is 67.6 Å². The van der Waals surface area contributed by atoms with Gasteiger partial charge in [0.25, 0.3) is 5.69 Å². The molecular weight excluding hydrogens is 607 g/mol. The molecule has 0 unspecified atom stereocenters. The van der Waals surface area contributed by atoms with E-state index in [1.54, 1.807) is 24.4 Å². The Kier molecular flexibility index (Phi) is 8.38. The van der Waals surface area contributed by atoms with Crippen molar-refractivity contribution in [2.45, 2.75) is 35.7 Å². The quantitative estimate of drug-likeness (QED) is 0.0803. The van der Waals surface area contributed by atoms with Gasteiger partial charge in [-0.15, -0.1) is 0 Å². The van der Waals surface area contributed by atoms with Crippen molar-refractivity contribution >= 4 is 46.4 Å². The van der Waals surface area contributed by atoms with Gasteiger partial charge in [0.15, 0.2) is 5.11 Å². The number of nitro benzene ring substituents is 1. The van der Waals surface area contributed by atoms with E-state index in [0.717, 1.165) is 43.8 Å². The molecule has 3 heterocycles. The number of thiocarbonyl (C=S) groups is 1. The second kappa shape index (κ2) is 12.5. The fourth-order valence-electron chi connectivity index (χ4n) is 5.80. The molecule has 1 aliphatic rings. The largest absolute Gasteiger partial charge is 0.465 e. The number of non-ortho nitro benzene ring substituents is 1. The first-order valence-corrected chi connectivity index (χ1v) is 15.4. The first kappa shape index (κ1) is 30.0. The third kappa shape index (κ3) is 5.79. The number of esters is 1. The highest BCUT2D eigenvalue weighted by Crippen LogP contribution is 2.44. The van der Waals surface area contributed by atoms with Crippen molar-refractivity contribution < 1.29 is 14.5 Å². The summed E-state index contributed by atoms with van der Waals surface area (Å²) < 4.78 is 7.17. The van der Waals surface area contributed by atoms with Crippen molar-refractivity contribution in [2.24, 2.45) is 0 Å². The van der Waals surface area contributed by atoms with Gasteiger partial charge in [-0.25, -0.2) is 4.79 Å². The second-order valence-corrected chi connectivity index (χ2v) is 12.0. The number of para-hydroxylation sites is 1. The Balaban J connectivity index is 1.40. The van der Waals surface area contributed by atoms with Crippen molar-refractivity contribution in [2.75, 3.05) is 12.0 Å². The minimum Gasteiger partial charge on any atom is -0.465 e. The number of hydrogen-bond acceptors (Lipinski definition) is 7. The predicted octanol–water partition coefficient (Wildman–Crippen LogP) is 7.51. The number of hydrogen-bond donors (Lipinski definition) is 1. The van der Waals surface area contributed by atoms with Crippen molar-refractivity contribution in [3.8, 4) is 5.69 Å². The summed E-state index contributed by atoms with van der Waals surface area (Å²) in [6.07, 6.45) is 1.78. The smallest absolute Gasteiger partial charge is 0.339 e. The van der Waals surface area contributed by atoms with Crippen LogP contribution in [0.3, 0.4) is 0 Å². The van der Waals surface area contributed by atoms with Crippen LogP contribution in [0.1, 0.15) is 45.1 Å². The van der Waals surface area contributed by atoms with Gasteiger partial charge in [-0.05, 0) is 98.4 Å². The summed E-state index contributed by atoms with van der Waals surface area (Å²) in [7, 11) is 1.39. The number of nitrogens with one attached hydrogen (secondary N) is 1. The third-order valence-corrected chi connectivity index (χ3v) is 9.17. The lowest BCUT2D eigenvalue weighted by Gasteiger charge is -2.28. The lowest BCUT2D eigenvalue weighted by molar-refractivity contribution is -0.384. The van der Waals surface area contributed by atoms with Crippen LogP contribution < -0.4 is 10.2 Å². The zero-order valence-corrected chi connectivity index (χ0v) is 26.3. The molecule has 6 rings (SSSR count).